The first-order valence-corrected chi connectivity index (χ1v) is 11.8. The summed E-state index contributed by atoms with van der Waals surface area (Å²) in [5.41, 5.74) is 2.05. The van der Waals surface area contributed by atoms with Gasteiger partial charge in [-0.25, -0.2) is 9.48 Å². The number of methoxy groups -OCH3 is 1. The van der Waals surface area contributed by atoms with Gasteiger partial charge in [-0.1, -0.05) is 30.3 Å². The van der Waals surface area contributed by atoms with Crippen LogP contribution in [0.4, 0.5) is 0 Å². The molecule has 2 heterocycles. The van der Waals surface area contributed by atoms with E-state index in [1.165, 1.54) is 10.7 Å². The van der Waals surface area contributed by atoms with Gasteiger partial charge in [0.15, 0.2) is 11.2 Å². The lowest BCUT2D eigenvalue weighted by atomic mass is 10.2. The van der Waals surface area contributed by atoms with Crippen LogP contribution in [-0.4, -0.2) is 34.0 Å². The minimum absolute atomic E-state index is 0.180. The number of ether oxygens (including phenoxy) is 3. The van der Waals surface area contributed by atoms with Crippen molar-refractivity contribution >= 4 is 17.0 Å². The Labute approximate surface area is 213 Å². The Kier molecular flexibility index (Phi) is 6.72. The molecular weight excluding hydrogens is 470 g/mol. The van der Waals surface area contributed by atoms with Gasteiger partial charge in [-0.3, -0.25) is 4.79 Å². The van der Waals surface area contributed by atoms with Crippen LogP contribution in [0.3, 0.4) is 0 Å². The van der Waals surface area contributed by atoms with Crippen molar-refractivity contribution in [3.05, 3.63) is 113 Å². The predicted molar refractivity (Wildman–Crippen MR) is 140 cm³/mol. The summed E-state index contributed by atoms with van der Waals surface area (Å²) in [7, 11) is 1.61. The van der Waals surface area contributed by atoms with E-state index in [-0.39, 0.29) is 23.2 Å². The van der Waals surface area contributed by atoms with Crippen LogP contribution >= 0.6 is 0 Å². The molecule has 37 heavy (non-hydrogen) atoms. The first-order valence-electron chi connectivity index (χ1n) is 11.8. The van der Waals surface area contributed by atoms with E-state index in [9.17, 15) is 9.59 Å². The third kappa shape index (κ3) is 4.95. The molecule has 5 rings (SSSR count). The van der Waals surface area contributed by atoms with Crippen LogP contribution in [0.15, 0.2) is 95.9 Å². The van der Waals surface area contributed by atoms with E-state index in [4.69, 9.17) is 14.2 Å². The van der Waals surface area contributed by atoms with Crippen LogP contribution in [-0.2, 0) is 11.3 Å². The normalized spacial score (nSPS) is 10.9. The van der Waals surface area contributed by atoms with E-state index in [2.05, 4.69) is 5.10 Å². The molecule has 0 amide bonds. The second kappa shape index (κ2) is 10.4. The van der Waals surface area contributed by atoms with Gasteiger partial charge in [0.25, 0.3) is 0 Å². The average molecular weight is 496 g/mol. The summed E-state index contributed by atoms with van der Waals surface area (Å²) in [6, 6.07) is 25.6. The number of para-hydroxylation sites is 1. The maximum absolute atomic E-state index is 13.2. The van der Waals surface area contributed by atoms with Crippen molar-refractivity contribution in [3.63, 3.8) is 0 Å². The molecule has 0 fully saturated rings. The quantitative estimate of drug-likeness (QED) is 0.275. The fraction of sp³-hybridized carbons (Fsp3) is 0.138. The molecule has 0 atom stereocenters. The van der Waals surface area contributed by atoms with Gasteiger partial charge >= 0.3 is 5.97 Å². The minimum atomic E-state index is -0.566. The third-order valence-corrected chi connectivity index (χ3v) is 5.83. The van der Waals surface area contributed by atoms with E-state index in [1.807, 2.05) is 59.2 Å². The second-order valence-corrected chi connectivity index (χ2v) is 8.24. The van der Waals surface area contributed by atoms with Crippen molar-refractivity contribution in [2.45, 2.75) is 13.5 Å². The highest BCUT2D eigenvalue weighted by atomic mass is 16.5. The zero-order chi connectivity index (χ0) is 25.8. The number of carbonyl (C=O) groups excluding carboxylic acids is 1. The van der Waals surface area contributed by atoms with E-state index < -0.39 is 5.97 Å². The zero-order valence-corrected chi connectivity index (χ0v) is 20.5. The lowest BCUT2D eigenvalue weighted by Crippen LogP contribution is -2.15. The summed E-state index contributed by atoms with van der Waals surface area (Å²) in [5, 5.41) is 4.55. The van der Waals surface area contributed by atoms with Gasteiger partial charge < -0.3 is 18.8 Å². The number of nitrogens with zero attached hydrogens (tertiary/aromatic N) is 3. The van der Waals surface area contributed by atoms with Crippen LogP contribution in [0.25, 0.3) is 16.7 Å². The number of esters is 1. The lowest BCUT2D eigenvalue weighted by molar-refractivity contribution is 0.0517. The van der Waals surface area contributed by atoms with Crippen molar-refractivity contribution in [3.8, 4) is 22.9 Å². The van der Waals surface area contributed by atoms with Crippen LogP contribution in [0.2, 0.25) is 0 Å². The van der Waals surface area contributed by atoms with Crippen molar-refractivity contribution < 1.29 is 19.0 Å². The summed E-state index contributed by atoms with van der Waals surface area (Å²) in [5.74, 6) is 1.52. The van der Waals surface area contributed by atoms with Crippen molar-refractivity contribution in [2.75, 3.05) is 13.7 Å². The number of hydrogen-bond acceptors (Lipinski definition) is 6. The Balaban J connectivity index is 1.59. The average Bonchev–Trinajstić information content (AvgIpc) is 3.34. The molecule has 0 spiro atoms. The molecule has 0 N–H and O–H groups in total. The summed E-state index contributed by atoms with van der Waals surface area (Å²) < 4.78 is 19.8. The lowest BCUT2D eigenvalue weighted by Gasteiger charge is -2.12. The molecular formula is C29H25N3O5. The van der Waals surface area contributed by atoms with E-state index in [0.717, 1.165) is 11.3 Å². The summed E-state index contributed by atoms with van der Waals surface area (Å²) in [4.78, 5) is 26.0. The SMILES string of the molecule is CCOC(=O)c1c2c(nn1-c1ccc(Oc3ccccc3)cc1)c(=O)ccn2Cc1ccc(OC)cc1. The molecule has 0 aliphatic rings. The van der Waals surface area contributed by atoms with Gasteiger partial charge in [0.05, 0.1) is 19.4 Å². The first-order chi connectivity index (χ1) is 18.1. The van der Waals surface area contributed by atoms with Crippen LogP contribution in [0.5, 0.6) is 17.2 Å². The number of rotatable bonds is 8. The second-order valence-electron chi connectivity index (χ2n) is 8.24. The maximum atomic E-state index is 13.2. The zero-order valence-electron chi connectivity index (χ0n) is 20.5. The molecule has 0 aliphatic carbocycles. The Morgan fingerprint density at radius 3 is 2.22 bits per heavy atom. The third-order valence-electron chi connectivity index (χ3n) is 5.83. The maximum Gasteiger partial charge on any atom is 0.359 e. The Morgan fingerprint density at radius 2 is 1.54 bits per heavy atom. The number of fused-ring (bicyclic) bond motifs is 1. The molecule has 2 aromatic heterocycles. The number of carbonyl (C=O) groups is 1. The van der Waals surface area contributed by atoms with Gasteiger partial charge in [-0.05, 0) is 61.0 Å². The Hall–Kier alpha value is -4.85. The molecule has 0 saturated heterocycles. The predicted octanol–water partition coefficient (Wildman–Crippen LogP) is 5.21. The molecule has 0 bridgehead atoms. The standard InChI is InChI=1S/C29H25N3O5/c1-3-36-29(34)28-27-26(25(33)17-18-31(27)19-20-9-13-22(35-2)14-10-20)30-32(28)21-11-15-24(16-12-21)37-23-7-5-4-6-8-23/h4-18H,3,19H2,1-2H3. The van der Waals surface area contributed by atoms with E-state index in [0.29, 0.717) is 29.2 Å². The van der Waals surface area contributed by atoms with Crippen molar-refractivity contribution in [1.29, 1.82) is 0 Å². The van der Waals surface area contributed by atoms with Gasteiger partial charge in [0, 0.05) is 18.8 Å². The van der Waals surface area contributed by atoms with Crippen molar-refractivity contribution in [2.24, 2.45) is 0 Å². The first kappa shape index (κ1) is 23.9. The fourth-order valence-corrected chi connectivity index (χ4v) is 4.07. The van der Waals surface area contributed by atoms with Gasteiger partial charge in [-0.2, -0.15) is 5.10 Å². The van der Waals surface area contributed by atoms with Crippen LogP contribution < -0.4 is 14.9 Å². The number of pyridine rings is 1. The topological polar surface area (TPSA) is 84.6 Å². The number of aromatic nitrogens is 3. The molecule has 5 aromatic rings. The van der Waals surface area contributed by atoms with Gasteiger partial charge in [-0.15, -0.1) is 0 Å². The molecule has 0 saturated carbocycles. The molecule has 0 unspecified atom stereocenters. The molecule has 3 aromatic carbocycles. The van der Waals surface area contributed by atoms with Crippen LogP contribution in [0, 0.1) is 0 Å². The molecule has 8 heteroatoms. The summed E-state index contributed by atoms with van der Waals surface area (Å²) >= 11 is 0. The van der Waals surface area contributed by atoms with Gasteiger partial charge in [0.1, 0.15) is 22.8 Å². The molecule has 0 radical (unpaired) electrons. The Bertz CT molecular complexity index is 1590. The van der Waals surface area contributed by atoms with Crippen molar-refractivity contribution in [1.82, 2.24) is 14.3 Å². The number of benzene rings is 3. The minimum Gasteiger partial charge on any atom is -0.497 e. The van der Waals surface area contributed by atoms with Crippen LogP contribution in [0.1, 0.15) is 23.0 Å². The highest BCUT2D eigenvalue weighted by Gasteiger charge is 2.25. The summed E-state index contributed by atoms with van der Waals surface area (Å²) in [6.07, 6.45) is 1.67. The van der Waals surface area contributed by atoms with Gasteiger partial charge in [0.2, 0.25) is 5.43 Å². The highest BCUT2D eigenvalue weighted by Crippen LogP contribution is 2.26. The largest absolute Gasteiger partial charge is 0.497 e. The fourth-order valence-electron chi connectivity index (χ4n) is 4.07. The highest BCUT2D eigenvalue weighted by molar-refractivity contribution is 6.01. The molecule has 0 aliphatic heterocycles. The van der Waals surface area contributed by atoms with E-state index >= 15 is 0 Å². The smallest absolute Gasteiger partial charge is 0.359 e. The number of hydrogen-bond donors (Lipinski definition) is 0. The Morgan fingerprint density at radius 1 is 0.865 bits per heavy atom. The molecule has 186 valence electrons. The monoisotopic (exact) mass is 495 g/mol. The summed E-state index contributed by atoms with van der Waals surface area (Å²) in [6.45, 7) is 2.34. The molecule has 8 nitrogen and oxygen atoms in total. The van der Waals surface area contributed by atoms with E-state index in [1.54, 1.807) is 44.5 Å².